The predicted molar refractivity (Wildman–Crippen MR) is 124 cm³/mol. The zero-order valence-electron chi connectivity index (χ0n) is 20.3. The Morgan fingerprint density at radius 3 is 1.48 bits per heavy atom. The smallest absolute Gasteiger partial charge is 0.264 e. The lowest BCUT2D eigenvalue weighted by molar-refractivity contribution is -0.136. The second-order valence-electron chi connectivity index (χ2n) is 9.79. The summed E-state index contributed by atoms with van der Waals surface area (Å²) >= 11 is 0. The molecule has 0 spiro atoms. The maximum Gasteiger partial charge on any atom is 0.264 e. The van der Waals surface area contributed by atoms with Gasteiger partial charge in [-0.2, -0.15) is 8.42 Å². The Balaban J connectivity index is 0.000000228. The Hall–Kier alpha value is -1.71. The van der Waals surface area contributed by atoms with Gasteiger partial charge in [0, 0.05) is 43.9 Å². The van der Waals surface area contributed by atoms with Gasteiger partial charge in [-0.1, -0.05) is 34.3 Å². The van der Waals surface area contributed by atoms with Crippen LogP contribution in [0.2, 0.25) is 0 Å². The quantitative estimate of drug-likeness (QED) is 0.474. The van der Waals surface area contributed by atoms with Crippen molar-refractivity contribution in [2.45, 2.75) is 59.8 Å². The minimum absolute atomic E-state index is 0.0127. The van der Waals surface area contributed by atoms with E-state index in [0.717, 1.165) is 31.1 Å². The molecule has 1 unspecified atom stereocenters. The van der Waals surface area contributed by atoms with Crippen molar-refractivity contribution in [3.63, 3.8) is 0 Å². The molecule has 188 valence electrons. The Morgan fingerprint density at radius 1 is 0.879 bits per heavy atom. The number of allylic oxidation sites excluding steroid dienone is 1. The SMILES string of the molecule is C=C1C(=O)CC1C.CC1CC(=O)C1.C[C@@H]1CC(=O)[C@H]1CO.C[C@@H]1CC(=O)[C@H]1COS(C)(=O)=O. The molecular formula is C24H38O8S. The number of carbonyl (C=O) groups excluding carboxylic acids is 4. The highest BCUT2D eigenvalue weighted by Gasteiger charge is 2.37. The molecule has 1 N–H and O–H groups in total. The second kappa shape index (κ2) is 12.7. The van der Waals surface area contributed by atoms with E-state index in [1.807, 2.05) is 20.8 Å². The molecule has 0 heterocycles. The van der Waals surface area contributed by atoms with Crippen molar-refractivity contribution < 1.29 is 36.9 Å². The molecule has 8 nitrogen and oxygen atoms in total. The summed E-state index contributed by atoms with van der Waals surface area (Å²) < 4.78 is 25.6. The van der Waals surface area contributed by atoms with E-state index in [1.165, 1.54) is 0 Å². The number of aliphatic hydroxyl groups excluding tert-OH is 1. The van der Waals surface area contributed by atoms with E-state index in [-0.39, 0.29) is 48.3 Å². The van der Waals surface area contributed by atoms with Gasteiger partial charge < -0.3 is 5.11 Å². The van der Waals surface area contributed by atoms with Crippen molar-refractivity contribution in [1.29, 1.82) is 0 Å². The van der Waals surface area contributed by atoms with Crippen LogP contribution in [0.1, 0.15) is 59.8 Å². The minimum atomic E-state index is -3.39. The fraction of sp³-hybridized carbons (Fsp3) is 0.750. The topological polar surface area (TPSA) is 132 Å². The van der Waals surface area contributed by atoms with Crippen LogP contribution in [0.15, 0.2) is 12.2 Å². The average molecular weight is 487 g/mol. The summed E-state index contributed by atoms with van der Waals surface area (Å²) in [4.78, 5) is 41.8. The zero-order chi connectivity index (χ0) is 25.5. The van der Waals surface area contributed by atoms with Crippen LogP contribution < -0.4 is 0 Å². The van der Waals surface area contributed by atoms with Crippen molar-refractivity contribution in [2.75, 3.05) is 19.5 Å². The van der Waals surface area contributed by atoms with E-state index < -0.39 is 10.1 Å². The molecule has 0 saturated heterocycles. The van der Waals surface area contributed by atoms with Crippen LogP contribution in [0.3, 0.4) is 0 Å². The molecule has 5 atom stereocenters. The number of aliphatic hydroxyl groups is 1. The van der Waals surface area contributed by atoms with Crippen LogP contribution in [0.4, 0.5) is 0 Å². The maximum absolute atomic E-state index is 10.9. The van der Waals surface area contributed by atoms with Gasteiger partial charge in [-0.05, 0) is 29.2 Å². The third kappa shape index (κ3) is 9.59. The molecule has 4 fully saturated rings. The van der Waals surface area contributed by atoms with Crippen molar-refractivity contribution in [1.82, 2.24) is 0 Å². The van der Waals surface area contributed by atoms with Gasteiger partial charge in [-0.25, -0.2) is 0 Å². The largest absolute Gasteiger partial charge is 0.396 e. The van der Waals surface area contributed by atoms with Gasteiger partial charge in [0.1, 0.15) is 17.3 Å². The first-order chi connectivity index (χ1) is 15.2. The summed E-state index contributed by atoms with van der Waals surface area (Å²) in [5.41, 5.74) is 0.806. The van der Waals surface area contributed by atoms with Crippen molar-refractivity contribution in [2.24, 2.45) is 35.5 Å². The second-order valence-corrected chi connectivity index (χ2v) is 11.4. The number of rotatable bonds is 4. The summed E-state index contributed by atoms with van der Waals surface area (Å²) in [5, 5.41) is 8.51. The minimum Gasteiger partial charge on any atom is -0.396 e. The summed E-state index contributed by atoms with van der Waals surface area (Å²) in [6, 6.07) is 0. The van der Waals surface area contributed by atoms with E-state index >= 15 is 0 Å². The lowest BCUT2D eigenvalue weighted by Crippen LogP contribution is -2.38. The van der Waals surface area contributed by atoms with Crippen molar-refractivity contribution in [3.8, 4) is 0 Å². The Kier molecular flexibility index (Phi) is 11.3. The lowest BCUT2D eigenvalue weighted by Gasteiger charge is -2.31. The number of carbonyl (C=O) groups is 4. The van der Waals surface area contributed by atoms with E-state index in [1.54, 1.807) is 0 Å². The summed E-state index contributed by atoms with van der Waals surface area (Å²) in [5.74, 6) is 2.60. The van der Waals surface area contributed by atoms with Gasteiger partial charge in [0.25, 0.3) is 10.1 Å². The van der Waals surface area contributed by atoms with Crippen LogP contribution in [-0.2, 0) is 33.5 Å². The van der Waals surface area contributed by atoms with E-state index in [4.69, 9.17) is 5.11 Å². The van der Waals surface area contributed by atoms with Crippen LogP contribution in [0.25, 0.3) is 0 Å². The monoisotopic (exact) mass is 486 g/mol. The Labute approximate surface area is 197 Å². The first-order valence-corrected chi connectivity index (χ1v) is 13.2. The predicted octanol–water partition coefficient (Wildman–Crippen LogP) is 2.53. The fourth-order valence-corrected chi connectivity index (χ4v) is 4.06. The molecule has 0 aromatic rings. The van der Waals surface area contributed by atoms with Gasteiger partial charge in [0.15, 0.2) is 5.78 Å². The zero-order valence-corrected chi connectivity index (χ0v) is 21.2. The molecule has 0 aromatic heterocycles. The van der Waals surface area contributed by atoms with Crippen molar-refractivity contribution >= 4 is 33.3 Å². The summed E-state index contributed by atoms with van der Waals surface area (Å²) in [7, 11) is -3.39. The highest BCUT2D eigenvalue weighted by atomic mass is 32.2. The molecular weight excluding hydrogens is 448 g/mol. The van der Waals surface area contributed by atoms with Gasteiger partial charge in [-0.3, -0.25) is 23.4 Å². The third-order valence-corrected chi connectivity index (χ3v) is 7.07. The Morgan fingerprint density at radius 2 is 1.36 bits per heavy atom. The first-order valence-electron chi connectivity index (χ1n) is 11.4. The lowest BCUT2D eigenvalue weighted by atomic mass is 9.74. The molecule has 0 aromatic carbocycles. The summed E-state index contributed by atoms with van der Waals surface area (Å²) in [6.45, 7) is 11.6. The van der Waals surface area contributed by atoms with E-state index in [0.29, 0.717) is 36.4 Å². The normalized spacial score (nSPS) is 30.6. The highest BCUT2D eigenvalue weighted by Crippen LogP contribution is 2.30. The molecule has 4 aliphatic carbocycles. The fourth-order valence-electron chi connectivity index (χ4n) is 3.67. The molecule has 0 bridgehead atoms. The third-order valence-electron chi connectivity index (χ3n) is 6.50. The number of hydrogen-bond acceptors (Lipinski definition) is 8. The molecule has 9 heteroatoms. The van der Waals surface area contributed by atoms with Crippen molar-refractivity contribution in [3.05, 3.63) is 12.2 Å². The molecule has 0 radical (unpaired) electrons. The number of Topliss-reactive ketones (excluding diaryl/α,β-unsaturated/α-hetero) is 4. The molecule has 4 saturated carbocycles. The van der Waals surface area contributed by atoms with Crippen LogP contribution in [0.5, 0.6) is 0 Å². The van der Waals surface area contributed by atoms with E-state index in [2.05, 4.69) is 17.7 Å². The van der Waals surface area contributed by atoms with Gasteiger partial charge >= 0.3 is 0 Å². The van der Waals surface area contributed by atoms with Crippen LogP contribution >= 0.6 is 0 Å². The molecule has 33 heavy (non-hydrogen) atoms. The van der Waals surface area contributed by atoms with Crippen LogP contribution in [0, 0.1) is 35.5 Å². The standard InChI is InChI=1S/C7H12O4S.C6H10O2.C6H8O.C5H8O/c1-5-3-7(8)6(5)4-11-12(2,9)10;1-4-2-6(8)5(4)3-7;1-4-3-6(7)5(4)2;1-4-2-5(6)3-4/h5-6H,3-4H2,1-2H3;4-5,7H,2-3H2,1H3;4H,2-3H2,1H3;4H,2-3H2,1H3/t5-,6+;4-,5+;;/m11../s1. The number of ketones is 4. The Bertz CT molecular complexity index is 852. The van der Waals surface area contributed by atoms with Gasteiger partial charge in [-0.15, -0.1) is 0 Å². The summed E-state index contributed by atoms with van der Waals surface area (Å²) in [6.07, 6.45) is 4.60. The molecule has 0 aliphatic heterocycles. The average Bonchev–Trinajstić information content (AvgIpc) is 2.68. The number of hydrogen-bond donors (Lipinski definition) is 1. The molecule has 0 amide bonds. The van der Waals surface area contributed by atoms with E-state index in [9.17, 15) is 27.6 Å². The first kappa shape index (κ1) is 29.3. The molecule has 4 aliphatic rings. The van der Waals surface area contributed by atoms with Gasteiger partial charge in [0.05, 0.1) is 19.5 Å². The maximum atomic E-state index is 10.9. The highest BCUT2D eigenvalue weighted by molar-refractivity contribution is 7.85. The van der Waals surface area contributed by atoms with Crippen LogP contribution in [-0.4, -0.2) is 56.1 Å². The van der Waals surface area contributed by atoms with Gasteiger partial charge in [0.2, 0.25) is 0 Å². The molecule has 4 rings (SSSR count).